The molecule has 0 aliphatic heterocycles. The Morgan fingerprint density at radius 1 is 1.14 bits per heavy atom. The molecular weight excluding hydrogens is 329 g/mol. The lowest BCUT2D eigenvalue weighted by Gasteiger charge is -2.35. The van der Waals surface area contributed by atoms with Crippen molar-refractivity contribution in [3.05, 3.63) is 69.9 Å². The van der Waals surface area contributed by atoms with E-state index in [4.69, 9.17) is 0 Å². The summed E-state index contributed by atoms with van der Waals surface area (Å²) in [5.41, 5.74) is 2.38. The number of benzene rings is 2. The molecule has 0 aromatic heterocycles. The van der Waals surface area contributed by atoms with Crippen LogP contribution in [0.2, 0.25) is 0 Å². The van der Waals surface area contributed by atoms with E-state index in [1.807, 2.05) is 19.2 Å². The molecule has 0 fully saturated rings. The topological polar surface area (TPSA) is 12.0 Å². The van der Waals surface area contributed by atoms with Gasteiger partial charge >= 0.3 is 0 Å². The summed E-state index contributed by atoms with van der Waals surface area (Å²) in [5.74, 6) is -0.214. The van der Waals surface area contributed by atoms with Crippen LogP contribution in [0.15, 0.2) is 53.0 Å². The van der Waals surface area contributed by atoms with Gasteiger partial charge in [-0.05, 0) is 36.7 Å². The van der Waals surface area contributed by atoms with E-state index >= 15 is 0 Å². The molecule has 0 saturated carbocycles. The molecule has 0 aliphatic carbocycles. The molecule has 0 bridgehead atoms. The molecule has 21 heavy (non-hydrogen) atoms. The van der Waals surface area contributed by atoms with E-state index in [0.29, 0.717) is 0 Å². The van der Waals surface area contributed by atoms with Crippen molar-refractivity contribution in [1.29, 1.82) is 0 Å². The molecule has 0 spiro atoms. The summed E-state index contributed by atoms with van der Waals surface area (Å²) in [4.78, 5) is 0. The molecule has 2 aromatic rings. The molecule has 1 nitrogen and oxygen atoms in total. The van der Waals surface area contributed by atoms with Crippen molar-refractivity contribution in [1.82, 2.24) is 5.32 Å². The van der Waals surface area contributed by atoms with Crippen LogP contribution in [0.4, 0.5) is 4.39 Å². The summed E-state index contributed by atoms with van der Waals surface area (Å²) >= 11 is 3.46. The summed E-state index contributed by atoms with van der Waals surface area (Å²) in [6.45, 7) is 4.47. The largest absolute Gasteiger partial charge is 0.316 e. The normalized spacial score (nSPS) is 13.2. The van der Waals surface area contributed by atoms with Gasteiger partial charge in [0.2, 0.25) is 0 Å². The second-order valence-electron chi connectivity index (χ2n) is 5.87. The molecular formula is C18H21BrFN. The van der Waals surface area contributed by atoms with Gasteiger partial charge in [0.1, 0.15) is 5.82 Å². The van der Waals surface area contributed by atoms with Crippen molar-refractivity contribution in [3.63, 3.8) is 0 Å². The number of hydrogen-bond donors (Lipinski definition) is 1. The Morgan fingerprint density at radius 2 is 1.81 bits per heavy atom. The summed E-state index contributed by atoms with van der Waals surface area (Å²) in [5, 5.41) is 3.42. The van der Waals surface area contributed by atoms with Crippen LogP contribution in [0.3, 0.4) is 0 Å². The zero-order chi connectivity index (χ0) is 15.5. The molecule has 1 atom stereocenters. The maximum absolute atomic E-state index is 13.2. The molecule has 1 unspecified atom stereocenters. The molecule has 3 heteroatoms. The van der Waals surface area contributed by atoms with E-state index < -0.39 is 0 Å². The molecule has 112 valence electrons. The first-order valence-electron chi connectivity index (χ1n) is 7.12. The van der Waals surface area contributed by atoms with Crippen molar-refractivity contribution in [3.8, 4) is 0 Å². The third-order valence-corrected chi connectivity index (χ3v) is 4.91. The first-order chi connectivity index (χ1) is 9.95. The lowest BCUT2D eigenvalue weighted by Crippen LogP contribution is -2.44. The fraction of sp³-hybridized carbons (Fsp3) is 0.333. The summed E-state index contributed by atoms with van der Waals surface area (Å²) < 4.78 is 14.0. The minimum absolute atomic E-state index is 0.0240. The molecule has 2 rings (SSSR count). The van der Waals surface area contributed by atoms with E-state index in [-0.39, 0.29) is 17.3 Å². The van der Waals surface area contributed by atoms with E-state index in [1.54, 1.807) is 0 Å². The van der Waals surface area contributed by atoms with E-state index in [1.165, 1.54) is 17.7 Å². The predicted molar refractivity (Wildman–Crippen MR) is 90.1 cm³/mol. The van der Waals surface area contributed by atoms with Crippen molar-refractivity contribution in [2.24, 2.45) is 0 Å². The minimum Gasteiger partial charge on any atom is -0.316 e. The minimum atomic E-state index is -0.214. The van der Waals surface area contributed by atoms with Gasteiger partial charge < -0.3 is 5.32 Å². The Labute approximate surface area is 134 Å². The Balaban J connectivity index is 2.27. The first-order valence-corrected chi connectivity index (χ1v) is 7.91. The summed E-state index contributed by atoms with van der Waals surface area (Å²) in [6.07, 6.45) is 0.833. The van der Waals surface area contributed by atoms with Gasteiger partial charge in [0.25, 0.3) is 0 Å². The lowest BCUT2D eigenvalue weighted by atomic mass is 9.75. The molecule has 1 N–H and O–H groups in total. The van der Waals surface area contributed by atoms with Crippen LogP contribution in [-0.4, -0.2) is 13.1 Å². The van der Waals surface area contributed by atoms with Crippen LogP contribution in [-0.2, 0) is 11.8 Å². The average molecular weight is 350 g/mol. The second kappa shape index (κ2) is 6.71. The fourth-order valence-electron chi connectivity index (χ4n) is 2.69. The van der Waals surface area contributed by atoms with Gasteiger partial charge in [-0.2, -0.15) is 0 Å². The van der Waals surface area contributed by atoms with Gasteiger partial charge in [0, 0.05) is 15.9 Å². The standard InChI is InChI=1S/C18H21BrFN/c1-18(2,14-7-5-4-6-8-14)17(21-3)11-13-9-10-15(20)12-16(13)19/h4-10,12,17,21H,11H2,1-3H3. The number of nitrogens with one attached hydrogen (secondary N) is 1. The van der Waals surface area contributed by atoms with Gasteiger partial charge in [-0.15, -0.1) is 0 Å². The first kappa shape index (κ1) is 16.2. The zero-order valence-corrected chi connectivity index (χ0v) is 14.2. The van der Waals surface area contributed by atoms with Gasteiger partial charge in [-0.25, -0.2) is 4.39 Å². The van der Waals surface area contributed by atoms with Crippen LogP contribution < -0.4 is 5.32 Å². The third-order valence-electron chi connectivity index (χ3n) is 4.18. The monoisotopic (exact) mass is 349 g/mol. The number of likely N-dealkylation sites (N-methyl/N-ethyl adjacent to an activating group) is 1. The lowest BCUT2D eigenvalue weighted by molar-refractivity contribution is 0.356. The molecule has 0 heterocycles. The summed E-state index contributed by atoms with van der Waals surface area (Å²) in [7, 11) is 1.98. The van der Waals surface area contributed by atoms with Gasteiger partial charge in [0.15, 0.2) is 0 Å². The third kappa shape index (κ3) is 3.72. The number of halogens is 2. The van der Waals surface area contributed by atoms with Crippen LogP contribution in [0, 0.1) is 5.82 Å². The van der Waals surface area contributed by atoms with Gasteiger partial charge in [-0.3, -0.25) is 0 Å². The Kier molecular flexibility index (Phi) is 5.17. The van der Waals surface area contributed by atoms with Gasteiger partial charge in [-0.1, -0.05) is 66.2 Å². The van der Waals surface area contributed by atoms with Crippen LogP contribution in [0.5, 0.6) is 0 Å². The maximum Gasteiger partial charge on any atom is 0.124 e. The zero-order valence-electron chi connectivity index (χ0n) is 12.7. The number of hydrogen-bond acceptors (Lipinski definition) is 1. The quantitative estimate of drug-likeness (QED) is 0.825. The van der Waals surface area contributed by atoms with E-state index in [2.05, 4.69) is 59.4 Å². The molecule has 0 aliphatic rings. The highest BCUT2D eigenvalue weighted by Crippen LogP contribution is 2.30. The van der Waals surface area contributed by atoms with Gasteiger partial charge in [0.05, 0.1) is 0 Å². The van der Waals surface area contributed by atoms with Crippen LogP contribution in [0.1, 0.15) is 25.0 Å². The predicted octanol–water partition coefficient (Wildman–Crippen LogP) is 4.70. The highest BCUT2D eigenvalue weighted by atomic mass is 79.9. The Bertz CT molecular complexity index is 595. The average Bonchev–Trinajstić information content (AvgIpc) is 2.47. The highest BCUT2D eigenvalue weighted by Gasteiger charge is 2.30. The number of rotatable bonds is 5. The molecule has 0 amide bonds. The second-order valence-corrected chi connectivity index (χ2v) is 6.72. The van der Waals surface area contributed by atoms with Crippen molar-refractivity contribution >= 4 is 15.9 Å². The molecule has 0 radical (unpaired) electrons. The smallest absolute Gasteiger partial charge is 0.124 e. The highest BCUT2D eigenvalue weighted by molar-refractivity contribution is 9.10. The summed E-state index contributed by atoms with van der Waals surface area (Å²) in [6, 6.07) is 15.6. The van der Waals surface area contributed by atoms with E-state index in [0.717, 1.165) is 16.5 Å². The Morgan fingerprint density at radius 3 is 2.38 bits per heavy atom. The van der Waals surface area contributed by atoms with Crippen molar-refractivity contribution < 1.29 is 4.39 Å². The molecule has 0 saturated heterocycles. The molecule has 2 aromatic carbocycles. The Hall–Kier alpha value is -1.19. The fourth-order valence-corrected chi connectivity index (χ4v) is 3.21. The van der Waals surface area contributed by atoms with Crippen molar-refractivity contribution in [2.45, 2.75) is 31.7 Å². The SMILES string of the molecule is CNC(Cc1ccc(F)cc1Br)C(C)(C)c1ccccc1. The van der Waals surface area contributed by atoms with E-state index in [9.17, 15) is 4.39 Å². The van der Waals surface area contributed by atoms with Crippen LogP contribution in [0.25, 0.3) is 0 Å². The van der Waals surface area contributed by atoms with Crippen LogP contribution >= 0.6 is 15.9 Å². The maximum atomic E-state index is 13.2. The van der Waals surface area contributed by atoms with Crippen molar-refractivity contribution in [2.75, 3.05) is 7.05 Å².